The summed E-state index contributed by atoms with van der Waals surface area (Å²) in [7, 11) is 0. The van der Waals surface area contributed by atoms with E-state index in [4.69, 9.17) is 0 Å². The smallest absolute Gasteiger partial charge is 0.269 e. The van der Waals surface area contributed by atoms with Crippen LogP contribution in [0.2, 0.25) is 0 Å². The molecule has 4 nitrogen and oxygen atoms in total. The lowest BCUT2D eigenvalue weighted by molar-refractivity contribution is -0.384. The first kappa shape index (κ1) is 26.8. The lowest BCUT2D eigenvalue weighted by Gasteiger charge is -2.29. The van der Waals surface area contributed by atoms with E-state index in [1.54, 1.807) is 12.1 Å². The molecule has 4 rings (SSSR count). The van der Waals surface area contributed by atoms with E-state index in [-0.39, 0.29) is 40.6 Å². The molecule has 0 aliphatic heterocycles. The van der Waals surface area contributed by atoms with E-state index in [2.05, 4.69) is 5.32 Å². The lowest BCUT2D eigenvalue weighted by atomic mass is 9.81. The summed E-state index contributed by atoms with van der Waals surface area (Å²) >= 11 is 0. The molecule has 0 heterocycles. The molecular weight excluding hydrogens is 470 g/mol. The normalized spacial score (nSPS) is 17.7. The first-order valence-corrected chi connectivity index (χ1v) is 12.0. The van der Waals surface area contributed by atoms with Crippen LogP contribution in [-0.4, -0.2) is 17.5 Å². The highest BCUT2D eigenvalue weighted by atomic mass is 35.5. The Kier molecular flexibility index (Phi) is 9.75. The van der Waals surface area contributed by atoms with Crippen molar-refractivity contribution in [2.24, 2.45) is 0 Å². The van der Waals surface area contributed by atoms with Gasteiger partial charge < -0.3 is 5.32 Å². The zero-order valence-corrected chi connectivity index (χ0v) is 20.4. The molecule has 3 aromatic rings. The fraction of sp³-hybridized carbons (Fsp3) is 0.357. The molecule has 0 spiro atoms. The van der Waals surface area contributed by atoms with Crippen molar-refractivity contribution in [3.63, 3.8) is 0 Å². The first-order valence-electron chi connectivity index (χ1n) is 12.0. The van der Waals surface area contributed by atoms with Gasteiger partial charge in [0.25, 0.3) is 5.69 Å². The molecule has 0 saturated heterocycles. The fourth-order valence-electron chi connectivity index (χ4n) is 5.03. The maximum Gasteiger partial charge on any atom is 0.269 e. The number of hydrogen-bond acceptors (Lipinski definition) is 3. The van der Waals surface area contributed by atoms with Gasteiger partial charge in [-0.15, -0.1) is 12.4 Å². The summed E-state index contributed by atoms with van der Waals surface area (Å²) in [6.45, 7) is 0.895. The summed E-state index contributed by atoms with van der Waals surface area (Å²) < 4.78 is 26.8. The van der Waals surface area contributed by atoms with Crippen molar-refractivity contribution in [2.75, 3.05) is 6.54 Å². The zero-order valence-electron chi connectivity index (χ0n) is 19.5. The summed E-state index contributed by atoms with van der Waals surface area (Å²) in [5.41, 5.74) is 3.40. The fourth-order valence-corrected chi connectivity index (χ4v) is 5.03. The highest BCUT2D eigenvalue weighted by Crippen LogP contribution is 2.34. The Bertz CT molecular complexity index is 1020. The van der Waals surface area contributed by atoms with Crippen LogP contribution < -0.4 is 5.32 Å². The van der Waals surface area contributed by atoms with Crippen molar-refractivity contribution in [1.29, 1.82) is 0 Å². The molecular formula is C28H31ClF2N2O2. The van der Waals surface area contributed by atoms with Gasteiger partial charge in [-0.05, 0) is 91.9 Å². The third kappa shape index (κ3) is 7.33. The quantitative estimate of drug-likeness (QED) is 0.188. The predicted octanol–water partition coefficient (Wildman–Crippen LogP) is 7.52. The Balaban J connectivity index is 0.00000342. The second kappa shape index (κ2) is 12.8. The third-order valence-corrected chi connectivity index (χ3v) is 6.95. The van der Waals surface area contributed by atoms with Crippen molar-refractivity contribution < 1.29 is 13.7 Å². The molecule has 0 radical (unpaired) electrons. The van der Waals surface area contributed by atoms with Crippen LogP contribution in [0.1, 0.15) is 67.1 Å². The second-order valence-corrected chi connectivity index (χ2v) is 9.15. The highest BCUT2D eigenvalue weighted by molar-refractivity contribution is 5.85. The number of nitrogens with zero attached hydrogens (tertiary/aromatic N) is 1. The topological polar surface area (TPSA) is 55.2 Å². The summed E-state index contributed by atoms with van der Waals surface area (Å²) in [5.74, 6) is 0.0428. The van der Waals surface area contributed by atoms with Crippen LogP contribution in [0.5, 0.6) is 0 Å². The van der Waals surface area contributed by atoms with E-state index in [9.17, 15) is 18.9 Å². The van der Waals surface area contributed by atoms with E-state index in [0.717, 1.165) is 56.2 Å². The van der Waals surface area contributed by atoms with E-state index in [0.29, 0.717) is 12.0 Å². The van der Waals surface area contributed by atoms with Gasteiger partial charge in [0, 0.05) is 24.1 Å². The largest absolute Gasteiger partial charge is 0.314 e. The molecule has 0 amide bonds. The van der Waals surface area contributed by atoms with Gasteiger partial charge in [0.2, 0.25) is 0 Å². The molecule has 1 aliphatic rings. The number of nitro benzene ring substituents is 1. The summed E-state index contributed by atoms with van der Waals surface area (Å²) in [4.78, 5) is 10.5. The third-order valence-electron chi connectivity index (χ3n) is 6.95. The minimum Gasteiger partial charge on any atom is -0.314 e. The van der Waals surface area contributed by atoms with Crippen LogP contribution in [0.3, 0.4) is 0 Å². The van der Waals surface area contributed by atoms with E-state index in [1.807, 2.05) is 36.4 Å². The minimum atomic E-state index is -0.360. The van der Waals surface area contributed by atoms with Gasteiger partial charge in [0.15, 0.2) is 0 Å². The van der Waals surface area contributed by atoms with E-state index in [1.165, 1.54) is 29.8 Å². The van der Waals surface area contributed by atoms with Crippen molar-refractivity contribution >= 4 is 18.1 Å². The first-order chi connectivity index (χ1) is 16.5. The Labute approximate surface area is 211 Å². The average molecular weight is 501 g/mol. The molecule has 7 heteroatoms. The number of rotatable bonds is 9. The molecule has 1 aliphatic carbocycles. The average Bonchev–Trinajstić information content (AvgIpc) is 2.86. The maximum atomic E-state index is 13.4. The van der Waals surface area contributed by atoms with Gasteiger partial charge in [-0.1, -0.05) is 36.4 Å². The van der Waals surface area contributed by atoms with Crippen LogP contribution >= 0.6 is 12.4 Å². The Morgan fingerprint density at radius 1 is 0.829 bits per heavy atom. The maximum absolute atomic E-state index is 13.4. The molecule has 186 valence electrons. The highest BCUT2D eigenvalue weighted by Gasteiger charge is 2.23. The molecule has 0 unspecified atom stereocenters. The van der Waals surface area contributed by atoms with Crippen LogP contribution in [0.25, 0.3) is 0 Å². The molecule has 0 aromatic heterocycles. The Morgan fingerprint density at radius 3 is 1.83 bits per heavy atom. The van der Waals surface area contributed by atoms with Crippen LogP contribution in [-0.2, 0) is 0 Å². The summed E-state index contributed by atoms with van der Waals surface area (Å²) in [5, 5.41) is 14.5. The van der Waals surface area contributed by atoms with Crippen molar-refractivity contribution in [3.05, 3.63) is 111 Å². The van der Waals surface area contributed by atoms with Gasteiger partial charge in [0.05, 0.1) is 4.92 Å². The van der Waals surface area contributed by atoms with Crippen molar-refractivity contribution in [1.82, 2.24) is 5.32 Å². The van der Waals surface area contributed by atoms with Gasteiger partial charge in [-0.2, -0.15) is 0 Å². The molecule has 35 heavy (non-hydrogen) atoms. The lowest BCUT2D eigenvalue weighted by Crippen LogP contribution is -2.33. The molecule has 1 saturated carbocycles. The van der Waals surface area contributed by atoms with Crippen molar-refractivity contribution in [3.8, 4) is 0 Å². The summed E-state index contributed by atoms with van der Waals surface area (Å²) in [6.07, 6.45) is 6.17. The number of halogens is 3. The SMILES string of the molecule is Cl.O=[N+]([O-])c1ccc(C2CCC(NCCCC(c3ccc(F)cc3)c3ccc(F)cc3)CC2)cc1. The van der Waals surface area contributed by atoms with Gasteiger partial charge >= 0.3 is 0 Å². The van der Waals surface area contributed by atoms with Crippen LogP contribution in [0.4, 0.5) is 14.5 Å². The number of hydrogen-bond donors (Lipinski definition) is 1. The standard InChI is InChI=1S/C28H30F2N2O2.ClH/c29-24-11-3-22(4-12-24)28(23-5-13-25(30)14-6-23)2-1-19-31-26-15-7-20(8-16-26)21-9-17-27(18-10-21)32(33)34;/h3-6,9-14,17-18,20,26,28,31H,1-2,7-8,15-16,19H2;1H. The van der Waals surface area contributed by atoms with Gasteiger partial charge in [0.1, 0.15) is 11.6 Å². The van der Waals surface area contributed by atoms with Gasteiger partial charge in [-0.25, -0.2) is 8.78 Å². The number of nitrogens with one attached hydrogen (secondary N) is 1. The number of nitro groups is 1. The molecule has 1 fully saturated rings. The molecule has 3 aromatic carbocycles. The van der Waals surface area contributed by atoms with E-state index >= 15 is 0 Å². The summed E-state index contributed by atoms with van der Waals surface area (Å²) in [6, 6.07) is 20.6. The molecule has 0 atom stereocenters. The number of benzene rings is 3. The Hall–Kier alpha value is -2.83. The molecule has 1 N–H and O–H groups in total. The Morgan fingerprint density at radius 2 is 1.34 bits per heavy atom. The predicted molar refractivity (Wildman–Crippen MR) is 137 cm³/mol. The zero-order chi connectivity index (χ0) is 23.9. The van der Waals surface area contributed by atoms with Gasteiger partial charge in [-0.3, -0.25) is 10.1 Å². The number of non-ortho nitro benzene ring substituents is 1. The molecule has 0 bridgehead atoms. The monoisotopic (exact) mass is 500 g/mol. The van der Waals surface area contributed by atoms with Crippen molar-refractivity contribution in [2.45, 2.75) is 56.4 Å². The second-order valence-electron chi connectivity index (χ2n) is 9.15. The minimum absolute atomic E-state index is 0. The van der Waals surface area contributed by atoms with Crippen LogP contribution in [0.15, 0.2) is 72.8 Å². The van der Waals surface area contributed by atoms with Crippen LogP contribution in [0, 0.1) is 21.7 Å². The van der Waals surface area contributed by atoms with E-state index < -0.39 is 0 Å².